The second kappa shape index (κ2) is 10.7. The zero-order chi connectivity index (χ0) is 23.5. The summed E-state index contributed by atoms with van der Waals surface area (Å²) in [5.41, 5.74) is 0. The predicted molar refractivity (Wildman–Crippen MR) is 135 cm³/mol. The molecule has 1 aliphatic rings. The van der Waals surface area contributed by atoms with Gasteiger partial charge in [0.15, 0.2) is 31.2 Å². The molecule has 5 atom stereocenters. The predicted octanol–water partition coefficient (Wildman–Crippen LogP) is 4.72. The van der Waals surface area contributed by atoms with Gasteiger partial charge in [0.1, 0.15) is 24.4 Å². The molecule has 0 aliphatic carbocycles. The van der Waals surface area contributed by atoms with Gasteiger partial charge in [0.25, 0.3) is 0 Å². The minimum Gasteiger partial charge on any atom is -0.409 e. The number of aliphatic hydroxyl groups is 1. The zero-order valence-corrected chi connectivity index (χ0v) is 25.5. The average Bonchev–Trinajstić information content (AvgIpc) is 2.47. The van der Waals surface area contributed by atoms with Crippen LogP contribution in [-0.2, 0) is 22.8 Å². The minimum absolute atomic E-state index is 0.131. The molecule has 1 aliphatic heterocycles. The lowest BCUT2D eigenvalue weighted by Crippen LogP contribution is -2.66. The highest BCUT2D eigenvalue weighted by Gasteiger charge is 2.51. The molecule has 0 aromatic rings. The first-order valence-electron chi connectivity index (χ1n) is 11.2. The minimum atomic E-state index is -1.93. The van der Waals surface area contributed by atoms with Gasteiger partial charge in [-0.2, -0.15) is 0 Å². The Balaban J connectivity index is 3.28. The fourth-order valence-corrected chi connectivity index (χ4v) is 7.25. The molecule has 10 heteroatoms. The molecule has 1 saturated heterocycles. The molecule has 1 N–H and O–H groups in total. The molecular formula is C20H48O6Si4. The highest BCUT2D eigenvalue weighted by Crippen LogP contribution is 2.34. The Morgan fingerprint density at radius 1 is 0.667 bits per heavy atom. The van der Waals surface area contributed by atoms with Crippen LogP contribution < -0.4 is 0 Å². The van der Waals surface area contributed by atoms with E-state index in [2.05, 4.69) is 78.6 Å². The van der Waals surface area contributed by atoms with Crippen molar-refractivity contribution in [2.45, 2.75) is 115 Å². The zero-order valence-electron chi connectivity index (χ0n) is 21.5. The van der Waals surface area contributed by atoms with Crippen molar-refractivity contribution in [1.29, 1.82) is 0 Å². The van der Waals surface area contributed by atoms with Crippen LogP contribution in [0, 0.1) is 0 Å². The van der Waals surface area contributed by atoms with Gasteiger partial charge in [-0.25, -0.2) is 0 Å². The first kappa shape index (κ1) is 28.7. The van der Waals surface area contributed by atoms with Crippen LogP contribution >= 0.6 is 0 Å². The van der Waals surface area contributed by atoms with Crippen LogP contribution in [0.2, 0.25) is 84.6 Å². The maximum absolute atomic E-state index is 10.2. The Bertz CT molecular complexity index is 521. The van der Waals surface area contributed by atoms with Gasteiger partial charge in [0, 0.05) is 14.7 Å². The van der Waals surface area contributed by atoms with E-state index in [0.29, 0.717) is 6.61 Å². The van der Waals surface area contributed by atoms with Crippen molar-refractivity contribution in [2.75, 3.05) is 13.2 Å². The topological polar surface area (TPSA) is 66.4 Å². The van der Waals surface area contributed by atoms with E-state index in [1.165, 1.54) is 0 Å². The Labute approximate surface area is 189 Å². The summed E-state index contributed by atoms with van der Waals surface area (Å²) in [5.74, 6) is 0. The molecule has 1 rings (SSSR count). The maximum Gasteiger partial charge on any atom is 0.185 e. The molecule has 1 heterocycles. The van der Waals surface area contributed by atoms with E-state index in [1.807, 2.05) is 0 Å². The SMILES string of the molecule is C[Si](C)(C)CCO[C@@H]1O[C@H](CO)[C@@H](O[Si](C)(C)C)[C@H](O[Si](C)(C)C)[C@H]1O[Si](C)(C)C. The number of rotatable bonds is 11. The first-order valence-corrected chi connectivity index (χ1v) is 25.2. The molecule has 0 spiro atoms. The molecule has 180 valence electrons. The third kappa shape index (κ3) is 11.0. The normalized spacial score (nSPS) is 29.3. The molecule has 1 fully saturated rings. The van der Waals surface area contributed by atoms with E-state index in [9.17, 15) is 5.11 Å². The summed E-state index contributed by atoms with van der Waals surface area (Å²) < 4.78 is 32.4. The Kier molecular flexibility index (Phi) is 10.2. The Hall–Kier alpha value is 0.628. The van der Waals surface area contributed by atoms with E-state index < -0.39 is 45.4 Å². The summed E-state index contributed by atoms with van der Waals surface area (Å²) in [4.78, 5) is 0. The number of hydrogen-bond donors (Lipinski definition) is 1. The number of hydrogen-bond acceptors (Lipinski definition) is 6. The molecule has 0 saturated carbocycles. The van der Waals surface area contributed by atoms with Gasteiger partial charge < -0.3 is 27.9 Å². The van der Waals surface area contributed by atoms with Crippen molar-refractivity contribution in [1.82, 2.24) is 0 Å². The van der Waals surface area contributed by atoms with Crippen molar-refractivity contribution in [3.8, 4) is 0 Å². The van der Waals surface area contributed by atoms with E-state index in [0.717, 1.165) is 6.04 Å². The fourth-order valence-electron chi connectivity index (χ4n) is 3.27. The molecule has 0 aromatic carbocycles. The van der Waals surface area contributed by atoms with Crippen molar-refractivity contribution >= 4 is 33.0 Å². The highest BCUT2D eigenvalue weighted by atomic mass is 28.4. The third-order valence-electron chi connectivity index (χ3n) is 4.37. The summed E-state index contributed by atoms with van der Waals surface area (Å²) in [7, 11) is -7.01. The van der Waals surface area contributed by atoms with Crippen LogP contribution in [0.25, 0.3) is 0 Å². The summed E-state index contributed by atoms with van der Waals surface area (Å²) in [6.45, 7) is 27.0. The Morgan fingerprint density at radius 2 is 1.10 bits per heavy atom. The smallest absolute Gasteiger partial charge is 0.185 e. The quantitative estimate of drug-likeness (QED) is 0.418. The van der Waals surface area contributed by atoms with Crippen LogP contribution in [0.4, 0.5) is 0 Å². The van der Waals surface area contributed by atoms with Gasteiger partial charge in [-0.3, -0.25) is 0 Å². The lowest BCUT2D eigenvalue weighted by molar-refractivity contribution is -0.290. The maximum atomic E-state index is 10.2. The van der Waals surface area contributed by atoms with Crippen molar-refractivity contribution in [3.63, 3.8) is 0 Å². The van der Waals surface area contributed by atoms with Gasteiger partial charge in [-0.15, -0.1) is 0 Å². The second-order valence-electron chi connectivity index (χ2n) is 12.5. The lowest BCUT2D eigenvalue weighted by atomic mass is 9.99. The van der Waals surface area contributed by atoms with Gasteiger partial charge in [-0.05, 0) is 65.0 Å². The Morgan fingerprint density at radius 3 is 1.50 bits per heavy atom. The van der Waals surface area contributed by atoms with E-state index in [-0.39, 0.29) is 24.9 Å². The van der Waals surface area contributed by atoms with Crippen LogP contribution in [0.1, 0.15) is 0 Å². The summed E-state index contributed by atoms with van der Waals surface area (Å²) in [6, 6.07) is 1.05. The molecule has 6 nitrogen and oxygen atoms in total. The van der Waals surface area contributed by atoms with E-state index in [4.69, 9.17) is 22.8 Å². The van der Waals surface area contributed by atoms with Gasteiger partial charge in [0.2, 0.25) is 0 Å². The standard InChI is InChI=1S/C20H48O6Si4/c1-27(2,3)14-13-22-20-19(26-30(10,11)12)18(25-29(7,8)9)17(16(15-21)23-20)24-28(4,5)6/h16-21H,13-15H2,1-12H3/t16-,17-,18+,19-,20-/m1/s1. The van der Waals surface area contributed by atoms with E-state index >= 15 is 0 Å². The average molecular weight is 497 g/mol. The monoisotopic (exact) mass is 496 g/mol. The molecule has 0 unspecified atom stereocenters. The lowest BCUT2D eigenvalue weighted by Gasteiger charge is -2.50. The van der Waals surface area contributed by atoms with Gasteiger partial charge in [-0.1, -0.05) is 19.6 Å². The summed E-state index contributed by atoms with van der Waals surface area (Å²) in [5, 5.41) is 10.2. The summed E-state index contributed by atoms with van der Waals surface area (Å²) in [6.07, 6.45) is -2.11. The summed E-state index contributed by atoms with van der Waals surface area (Å²) >= 11 is 0. The number of aliphatic hydroxyl groups excluding tert-OH is 1. The second-order valence-corrected chi connectivity index (χ2v) is 31.5. The van der Waals surface area contributed by atoms with Gasteiger partial charge >= 0.3 is 0 Å². The van der Waals surface area contributed by atoms with Crippen molar-refractivity contribution in [3.05, 3.63) is 0 Å². The van der Waals surface area contributed by atoms with Crippen molar-refractivity contribution < 1.29 is 27.9 Å². The van der Waals surface area contributed by atoms with Crippen LogP contribution in [0.15, 0.2) is 0 Å². The van der Waals surface area contributed by atoms with Gasteiger partial charge in [0.05, 0.1) is 6.61 Å². The van der Waals surface area contributed by atoms with Crippen molar-refractivity contribution in [2.24, 2.45) is 0 Å². The fraction of sp³-hybridized carbons (Fsp3) is 1.00. The van der Waals surface area contributed by atoms with Crippen LogP contribution in [-0.4, -0.2) is 82.1 Å². The third-order valence-corrected chi connectivity index (χ3v) is 9.02. The molecule has 0 radical (unpaired) electrons. The molecule has 0 bridgehead atoms. The largest absolute Gasteiger partial charge is 0.409 e. The first-order chi connectivity index (χ1) is 13.3. The molecule has 0 aromatic heterocycles. The van der Waals surface area contributed by atoms with Crippen LogP contribution in [0.3, 0.4) is 0 Å². The number of ether oxygens (including phenoxy) is 2. The molecular weight excluding hydrogens is 449 g/mol. The molecule has 0 amide bonds. The molecule has 30 heavy (non-hydrogen) atoms. The van der Waals surface area contributed by atoms with E-state index in [1.54, 1.807) is 0 Å². The highest BCUT2D eigenvalue weighted by molar-refractivity contribution is 6.76. The van der Waals surface area contributed by atoms with Crippen LogP contribution in [0.5, 0.6) is 0 Å².